The molecule has 1 unspecified atom stereocenters. The number of fused-ring (bicyclic) bond motifs is 1. The molecular weight excluding hydrogens is 613 g/mol. The number of nitrogens with one attached hydrogen (secondary N) is 2. The molecule has 4 N–H and O–H groups in total. The molecule has 0 spiro atoms. The topological polar surface area (TPSA) is 160 Å². The molecule has 0 bridgehead atoms. The van der Waals surface area contributed by atoms with E-state index in [9.17, 15) is 29.5 Å². The van der Waals surface area contributed by atoms with Gasteiger partial charge in [0.25, 0.3) is 5.91 Å². The molecule has 12 heteroatoms. The molecular formula is C33H28N4O6S2. The highest BCUT2D eigenvalue weighted by Gasteiger charge is 2.27. The summed E-state index contributed by atoms with van der Waals surface area (Å²) in [5.41, 5.74) is 2.24. The molecule has 4 aromatic rings. The third-order valence-corrected chi connectivity index (χ3v) is 9.47. The molecule has 45 heavy (non-hydrogen) atoms. The van der Waals surface area contributed by atoms with Crippen molar-refractivity contribution < 1.29 is 29.4 Å². The second-order valence-electron chi connectivity index (χ2n) is 10.4. The number of nitriles is 1. The van der Waals surface area contributed by atoms with Gasteiger partial charge in [-0.2, -0.15) is 5.26 Å². The number of hydrogen-bond acceptors (Lipinski definition) is 8. The summed E-state index contributed by atoms with van der Waals surface area (Å²) in [7, 11) is 0. The van der Waals surface area contributed by atoms with Crippen LogP contribution in [0.5, 0.6) is 0 Å². The van der Waals surface area contributed by atoms with E-state index in [1.165, 1.54) is 34.7 Å². The Morgan fingerprint density at radius 2 is 1.76 bits per heavy atom. The van der Waals surface area contributed by atoms with Crippen molar-refractivity contribution in [2.24, 2.45) is 0 Å². The zero-order valence-corrected chi connectivity index (χ0v) is 25.7. The van der Waals surface area contributed by atoms with Crippen molar-refractivity contribution in [3.05, 3.63) is 111 Å². The summed E-state index contributed by atoms with van der Waals surface area (Å²) in [4.78, 5) is 53.1. The number of hydrogen-bond donors (Lipinski definition) is 4. The van der Waals surface area contributed by atoms with Gasteiger partial charge in [-0.3, -0.25) is 14.5 Å². The minimum Gasteiger partial charge on any atom is -0.478 e. The number of carboxylic acids is 2. The van der Waals surface area contributed by atoms with Crippen LogP contribution < -0.4 is 10.6 Å². The van der Waals surface area contributed by atoms with Crippen LogP contribution in [0.25, 0.3) is 0 Å². The van der Waals surface area contributed by atoms with Gasteiger partial charge in [0.15, 0.2) is 0 Å². The number of rotatable bonds is 10. The van der Waals surface area contributed by atoms with Gasteiger partial charge >= 0.3 is 11.9 Å². The van der Waals surface area contributed by atoms with E-state index < -0.39 is 28.7 Å². The van der Waals surface area contributed by atoms with Gasteiger partial charge in [-0.15, -0.1) is 23.1 Å². The van der Waals surface area contributed by atoms with Crippen LogP contribution in [0.15, 0.2) is 77.7 Å². The van der Waals surface area contributed by atoms with Crippen molar-refractivity contribution in [1.29, 1.82) is 5.26 Å². The van der Waals surface area contributed by atoms with Gasteiger partial charge in [-0.25, -0.2) is 9.59 Å². The lowest BCUT2D eigenvalue weighted by Gasteiger charge is -2.26. The Morgan fingerprint density at radius 1 is 0.978 bits per heavy atom. The molecule has 2 amide bonds. The molecule has 228 valence electrons. The summed E-state index contributed by atoms with van der Waals surface area (Å²) in [5, 5.41) is 34.2. The van der Waals surface area contributed by atoms with E-state index in [0.717, 1.165) is 42.1 Å². The molecule has 0 radical (unpaired) electrons. The van der Waals surface area contributed by atoms with Crippen molar-refractivity contribution in [2.45, 2.75) is 36.6 Å². The average molecular weight is 641 g/mol. The second-order valence-corrected chi connectivity index (χ2v) is 12.9. The number of carbonyl (C=O) groups excluding carboxylic acids is 2. The Bertz CT molecular complexity index is 1830. The molecule has 0 saturated carbocycles. The Hall–Kier alpha value is -4.96. The molecule has 0 aliphatic carbocycles. The number of benzene rings is 3. The maximum atomic E-state index is 13.2. The lowest BCUT2D eigenvalue weighted by molar-refractivity contribution is -0.115. The Kier molecular flexibility index (Phi) is 9.63. The van der Waals surface area contributed by atoms with E-state index >= 15 is 0 Å². The van der Waals surface area contributed by atoms with Crippen LogP contribution in [0.3, 0.4) is 0 Å². The van der Waals surface area contributed by atoms with Gasteiger partial charge in [0.1, 0.15) is 11.1 Å². The van der Waals surface area contributed by atoms with E-state index in [4.69, 9.17) is 5.11 Å². The zero-order valence-electron chi connectivity index (χ0n) is 24.1. The van der Waals surface area contributed by atoms with Gasteiger partial charge in [0, 0.05) is 35.1 Å². The number of nitrogens with zero attached hydrogens (tertiary/aromatic N) is 2. The molecule has 1 atom stereocenters. The maximum absolute atomic E-state index is 13.2. The fraction of sp³-hybridized carbons (Fsp3) is 0.182. The fourth-order valence-corrected chi connectivity index (χ4v) is 7.18. The Morgan fingerprint density at radius 3 is 2.47 bits per heavy atom. The normalized spacial score (nSPS) is 13.2. The monoisotopic (exact) mass is 640 g/mol. The van der Waals surface area contributed by atoms with Gasteiger partial charge in [0.05, 0.1) is 27.5 Å². The predicted octanol–water partition coefficient (Wildman–Crippen LogP) is 5.95. The molecule has 10 nitrogen and oxygen atoms in total. The number of anilines is 2. The van der Waals surface area contributed by atoms with Crippen LogP contribution in [0.4, 0.5) is 10.7 Å². The summed E-state index contributed by atoms with van der Waals surface area (Å²) in [5.74, 6) is -3.72. The maximum Gasteiger partial charge on any atom is 0.336 e. The number of carboxylic acid groups (broad SMARTS) is 2. The largest absolute Gasteiger partial charge is 0.478 e. The van der Waals surface area contributed by atoms with Crippen LogP contribution >= 0.6 is 23.1 Å². The first-order chi connectivity index (χ1) is 21.6. The lowest BCUT2D eigenvalue weighted by atomic mass is 10.0. The van der Waals surface area contributed by atoms with Crippen LogP contribution in [-0.2, 0) is 24.3 Å². The van der Waals surface area contributed by atoms with Crippen LogP contribution in [0.2, 0.25) is 0 Å². The average Bonchev–Trinajstić information content (AvgIpc) is 3.37. The van der Waals surface area contributed by atoms with E-state index in [1.807, 2.05) is 18.2 Å². The fourth-order valence-electron chi connectivity index (χ4n) is 5.01. The number of thioether (sulfide) groups is 1. The minimum absolute atomic E-state index is 0.187. The summed E-state index contributed by atoms with van der Waals surface area (Å²) in [6, 6.07) is 22.5. The first-order valence-electron chi connectivity index (χ1n) is 13.9. The summed E-state index contributed by atoms with van der Waals surface area (Å²) in [6.45, 7) is 4.09. The molecule has 2 heterocycles. The molecule has 1 aromatic heterocycles. The third kappa shape index (κ3) is 7.41. The molecule has 1 aliphatic rings. The number of aromatic carboxylic acids is 2. The molecule has 5 rings (SSSR count). The Balaban J connectivity index is 1.23. The quantitative estimate of drug-likeness (QED) is 0.154. The van der Waals surface area contributed by atoms with Gasteiger partial charge in [-0.05, 0) is 60.9 Å². The molecule has 3 aromatic carbocycles. The Labute approximate surface area is 267 Å². The van der Waals surface area contributed by atoms with Crippen LogP contribution in [0.1, 0.15) is 59.6 Å². The summed E-state index contributed by atoms with van der Waals surface area (Å²) in [6.07, 6.45) is 0.734. The van der Waals surface area contributed by atoms with E-state index in [1.54, 1.807) is 31.2 Å². The van der Waals surface area contributed by atoms with Gasteiger partial charge < -0.3 is 20.8 Å². The van der Waals surface area contributed by atoms with E-state index in [0.29, 0.717) is 27.7 Å². The van der Waals surface area contributed by atoms with Crippen LogP contribution in [-0.4, -0.2) is 50.7 Å². The number of amides is 2. The smallest absolute Gasteiger partial charge is 0.336 e. The first kappa shape index (κ1) is 31.5. The predicted molar refractivity (Wildman–Crippen MR) is 172 cm³/mol. The van der Waals surface area contributed by atoms with E-state index in [2.05, 4.69) is 33.7 Å². The van der Waals surface area contributed by atoms with Gasteiger partial charge in [-0.1, -0.05) is 36.4 Å². The molecule has 1 aliphatic heterocycles. The highest BCUT2D eigenvalue weighted by molar-refractivity contribution is 8.00. The summed E-state index contributed by atoms with van der Waals surface area (Å²) >= 11 is 2.70. The summed E-state index contributed by atoms with van der Waals surface area (Å²) < 4.78 is 0. The highest BCUT2D eigenvalue weighted by atomic mass is 32.2. The second kappa shape index (κ2) is 13.8. The standard InChI is InChI=1S/C33H28N4O6S2/c1-19(29(38)36-31-27(16-34)24-12-13-37(18-28(24)45-31)17-20-6-3-2-4-7-20)44-23-9-5-8-22(15-23)35-30(39)25-11-10-21(32(40)41)14-26(25)33(42)43/h2-11,14-15,19H,12-13,17-18H2,1H3,(H,35,39)(H,36,38)(H,40,41)(H,42,43). The SMILES string of the molecule is CC(Sc1cccc(NC(=O)c2ccc(C(=O)O)cc2C(=O)O)c1)C(=O)Nc1sc2c(c1C#N)CCN(Cc1ccccc1)C2. The third-order valence-electron chi connectivity index (χ3n) is 7.25. The highest BCUT2D eigenvalue weighted by Crippen LogP contribution is 2.37. The lowest BCUT2D eigenvalue weighted by Crippen LogP contribution is -2.29. The zero-order chi connectivity index (χ0) is 32.1. The van der Waals surface area contributed by atoms with Gasteiger partial charge in [0.2, 0.25) is 5.91 Å². The molecule has 0 fully saturated rings. The van der Waals surface area contributed by atoms with Crippen molar-refractivity contribution >= 4 is 57.5 Å². The van der Waals surface area contributed by atoms with Crippen molar-refractivity contribution in [3.8, 4) is 6.07 Å². The van der Waals surface area contributed by atoms with Crippen molar-refractivity contribution in [2.75, 3.05) is 17.2 Å². The van der Waals surface area contributed by atoms with Crippen LogP contribution in [0, 0.1) is 11.3 Å². The number of carbonyl (C=O) groups is 4. The molecule has 0 saturated heterocycles. The minimum atomic E-state index is -1.43. The van der Waals surface area contributed by atoms with Crippen molar-refractivity contribution in [3.63, 3.8) is 0 Å². The van der Waals surface area contributed by atoms with E-state index in [-0.39, 0.29) is 17.0 Å². The first-order valence-corrected chi connectivity index (χ1v) is 15.6. The number of thiophene rings is 1. The van der Waals surface area contributed by atoms with Crippen molar-refractivity contribution in [1.82, 2.24) is 4.90 Å².